The lowest BCUT2D eigenvalue weighted by Crippen LogP contribution is -2.38. The van der Waals surface area contributed by atoms with E-state index in [4.69, 9.17) is 0 Å². The van der Waals surface area contributed by atoms with E-state index in [0.717, 1.165) is 56.4 Å². The van der Waals surface area contributed by atoms with Gasteiger partial charge in [0.25, 0.3) is 0 Å². The first kappa shape index (κ1) is 39.3. The minimum Gasteiger partial charge on any atom is -0.311 e. The van der Waals surface area contributed by atoms with E-state index in [2.05, 4.69) is 266 Å². The summed E-state index contributed by atoms with van der Waals surface area (Å²) < 4.78 is 0. The largest absolute Gasteiger partial charge is 0.311 e. The molecule has 0 bridgehead atoms. The van der Waals surface area contributed by atoms with Crippen molar-refractivity contribution >= 4 is 79.7 Å². The van der Waals surface area contributed by atoms with E-state index in [9.17, 15) is 0 Å². The fourth-order valence-corrected chi connectivity index (χ4v) is 10.5. The van der Waals surface area contributed by atoms with Gasteiger partial charge >= 0.3 is 0 Å². The maximum absolute atomic E-state index is 3.68. The van der Waals surface area contributed by atoms with Crippen molar-refractivity contribution in [2.45, 2.75) is 26.6 Å². The number of para-hydroxylation sites is 4. The van der Waals surface area contributed by atoms with E-state index in [1.165, 1.54) is 43.1 Å². The quantitative estimate of drug-likeness (QED) is 0.0897. The van der Waals surface area contributed by atoms with Gasteiger partial charge in [0.1, 0.15) is 0 Å². The summed E-state index contributed by atoms with van der Waals surface area (Å²) in [6.45, 7) is 9.53. The monoisotopic (exact) mass is 822 g/mol. The molecule has 0 amide bonds. The topological polar surface area (TPSA) is 6.48 Å². The Morgan fingerprint density at radius 1 is 0.333 bits per heavy atom. The molecule has 0 spiro atoms. The summed E-state index contributed by atoms with van der Waals surface area (Å²) in [6.07, 6.45) is 0. The average Bonchev–Trinajstić information content (AvgIpc) is 3.32. The fraction of sp³-hybridized carbons (Fsp3) is 0.0667. The maximum Gasteiger partial charge on any atom is 0.0784 e. The van der Waals surface area contributed by atoms with Crippen LogP contribution in [0.3, 0.4) is 0 Å². The molecule has 10 aromatic rings. The lowest BCUT2D eigenvalue weighted by molar-refractivity contribution is 1.28. The fourth-order valence-electron chi connectivity index (χ4n) is 8.87. The molecule has 0 heterocycles. The number of anilines is 6. The van der Waals surface area contributed by atoms with Crippen LogP contribution in [-0.2, 0) is 0 Å². The summed E-state index contributed by atoms with van der Waals surface area (Å²) in [5.74, 6) is 14.4. The van der Waals surface area contributed by atoms with E-state index >= 15 is 0 Å². The van der Waals surface area contributed by atoms with Gasteiger partial charge < -0.3 is 9.80 Å². The standard InChI is InChI=1S/C60H46N2Si/c1-43-41-46(31-25-44-27-33-52(34-28-44)61(48-17-9-5-10-18-48)49-19-11-6-12-20-49)55-39-40-57-58(63(2,3)4)42-47(56-38-37-54(43)59(55)60(56)57)32-26-45-29-35-53(36-30-45)62(50-21-13-7-14-22-50)51-23-15-8-16-24-51/h5-24,27-30,33-42H,1-4H3. The van der Waals surface area contributed by atoms with Gasteiger partial charge in [-0.15, -0.1) is 0 Å². The highest BCUT2D eigenvalue weighted by molar-refractivity contribution is 6.90. The van der Waals surface area contributed by atoms with Crippen molar-refractivity contribution in [2.75, 3.05) is 9.80 Å². The molecule has 0 aliphatic rings. The third-order valence-corrected chi connectivity index (χ3v) is 13.9. The van der Waals surface area contributed by atoms with Crippen LogP contribution in [0.1, 0.15) is 27.8 Å². The molecular weight excluding hydrogens is 777 g/mol. The molecule has 0 N–H and O–H groups in total. The van der Waals surface area contributed by atoms with Crippen LogP contribution in [0.25, 0.3) is 32.3 Å². The summed E-state index contributed by atoms with van der Waals surface area (Å²) >= 11 is 0. The summed E-state index contributed by atoms with van der Waals surface area (Å²) in [6, 6.07) is 73.1. The molecule has 0 fully saturated rings. The molecule has 0 aliphatic carbocycles. The predicted octanol–water partition coefficient (Wildman–Crippen LogP) is 15.2. The van der Waals surface area contributed by atoms with Gasteiger partial charge in [0, 0.05) is 56.4 Å². The number of rotatable bonds is 7. The molecule has 0 aromatic heterocycles. The zero-order valence-corrected chi connectivity index (χ0v) is 37.0. The van der Waals surface area contributed by atoms with Crippen molar-refractivity contribution in [1.82, 2.24) is 0 Å². The van der Waals surface area contributed by atoms with E-state index < -0.39 is 8.07 Å². The third-order valence-electron chi connectivity index (χ3n) is 11.9. The van der Waals surface area contributed by atoms with Crippen molar-refractivity contribution in [3.8, 4) is 23.7 Å². The van der Waals surface area contributed by atoms with Gasteiger partial charge in [-0.3, -0.25) is 0 Å². The molecule has 10 aromatic carbocycles. The van der Waals surface area contributed by atoms with Gasteiger partial charge in [0.05, 0.1) is 8.07 Å². The summed E-state index contributed by atoms with van der Waals surface area (Å²) in [7, 11) is -1.80. The van der Waals surface area contributed by atoms with Crippen LogP contribution >= 0.6 is 0 Å². The minimum atomic E-state index is -1.80. The zero-order chi connectivity index (χ0) is 42.9. The Kier molecular flexibility index (Phi) is 10.3. The van der Waals surface area contributed by atoms with Crippen molar-refractivity contribution < 1.29 is 0 Å². The van der Waals surface area contributed by atoms with E-state index in [1.54, 1.807) is 0 Å². The molecule has 0 atom stereocenters. The Morgan fingerprint density at radius 3 is 1.06 bits per heavy atom. The zero-order valence-electron chi connectivity index (χ0n) is 36.0. The van der Waals surface area contributed by atoms with Crippen LogP contribution in [0.5, 0.6) is 0 Å². The van der Waals surface area contributed by atoms with Crippen molar-refractivity contribution in [2.24, 2.45) is 0 Å². The van der Waals surface area contributed by atoms with Crippen LogP contribution < -0.4 is 15.0 Å². The first-order valence-corrected chi connectivity index (χ1v) is 25.1. The van der Waals surface area contributed by atoms with Gasteiger partial charge in [0.15, 0.2) is 0 Å². The maximum atomic E-state index is 3.68. The van der Waals surface area contributed by atoms with E-state index in [0.29, 0.717) is 0 Å². The Morgan fingerprint density at radius 2 is 0.667 bits per heavy atom. The van der Waals surface area contributed by atoms with Crippen LogP contribution in [0, 0.1) is 30.6 Å². The van der Waals surface area contributed by atoms with Crippen LogP contribution in [0.4, 0.5) is 34.1 Å². The molecule has 63 heavy (non-hydrogen) atoms. The Hall–Kier alpha value is -7.82. The molecule has 0 unspecified atom stereocenters. The van der Waals surface area contributed by atoms with Gasteiger partial charge in [0.2, 0.25) is 0 Å². The molecule has 0 aliphatic heterocycles. The number of nitrogens with zero attached hydrogens (tertiary/aromatic N) is 2. The normalized spacial score (nSPS) is 11.2. The Balaban J connectivity index is 1.03. The molecule has 300 valence electrons. The van der Waals surface area contributed by atoms with Crippen LogP contribution in [0.2, 0.25) is 19.6 Å². The van der Waals surface area contributed by atoms with Crippen molar-refractivity contribution in [1.29, 1.82) is 0 Å². The van der Waals surface area contributed by atoms with Crippen LogP contribution in [-0.4, -0.2) is 8.07 Å². The SMILES string of the molecule is Cc1cc(C#Cc2ccc(N(c3ccccc3)c3ccccc3)cc2)c2ccc3c([Si](C)(C)C)cc(C#Cc4ccc(N(c5ccccc5)c5ccccc5)cc4)c4ccc1c2c43. The molecule has 0 radical (unpaired) electrons. The predicted molar refractivity (Wildman–Crippen MR) is 272 cm³/mol. The lowest BCUT2D eigenvalue weighted by Gasteiger charge is -2.25. The third kappa shape index (κ3) is 7.73. The summed E-state index contributed by atoms with van der Waals surface area (Å²) in [4.78, 5) is 4.55. The second-order valence-corrected chi connectivity index (χ2v) is 22.2. The Bertz CT molecular complexity index is 3270. The van der Waals surface area contributed by atoms with Crippen LogP contribution in [0.15, 0.2) is 206 Å². The highest BCUT2D eigenvalue weighted by Crippen LogP contribution is 2.40. The van der Waals surface area contributed by atoms with Gasteiger partial charge in [-0.25, -0.2) is 0 Å². The second kappa shape index (κ2) is 16.6. The highest BCUT2D eigenvalue weighted by Gasteiger charge is 2.24. The second-order valence-electron chi connectivity index (χ2n) is 17.1. The number of hydrogen-bond donors (Lipinski definition) is 0. The summed E-state index contributed by atoms with van der Waals surface area (Å²) in [5, 5.41) is 8.98. The number of benzene rings is 10. The first-order chi connectivity index (χ1) is 30.8. The molecule has 0 saturated heterocycles. The molecule has 10 rings (SSSR count). The smallest absolute Gasteiger partial charge is 0.0784 e. The van der Waals surface area contributed by atoms with E-state index in [1.807, 2.05) is 0 Å². The van der Waals surface area contributed by atoms with Gasteiger partial charge in [-0.2, -0.15) is 0 Å². The number of aryl methyl sites for hydroxylation is 1. The van der Waals surface area contributed by atoms with Crippen molar-refractivity contribution in [3.05, 3.63) is 234 Å². The van der Waals surface area contributed by atoms with Gasteiger partial charge in [-0.1, -0.05) is 146 Å². The molecule has 0 saturated carbocycles. The molecule has 2 nitrogen and oxygen atoms in total. The minimum absolute atomic E-state index is 0.975. The summed E-state index contributed by atoms with van der Waals surface area (Å²) in [5.41, 5.74) is 11.9. The van der Waals surface area contributed by atoms with Gasteiger partial charge in [-0.05, 0) is 154 Å². The first-order valence-electron chi connectivity index (χ1n) is 21.6. The Labute approximate surface area is 372 Å². The highest BCUT2D eigenvalue weighted by atomic mass is 28.3. The molecular formula is C60H46N2Si. The molecule has 3 heteroatoms. The number of hydrogen-bond acceptors (Lipinski definition) is 2. The lowest BCUT2D eigenvalue weighted by atomic mass is 9.88. The van der Waals surface area contributed by atoms with Crippen molar-refractivity contribution in [3.63, 3.8) is 0 Å². The average molecular weight is 823 g/mol. The van der Waals surface area contributed by atoms with E-state index in [-0.39, 0.29) is 0 Å².